The third kappa shape index (κ3) is 3.97. The van der Waals surface area contributed by atoms with Crippen LogP contribution >= 0.6 is 0 Å². The summed E-state index contributed by atoms with van der Waals surface area (Å²) in [6.07, 6.45) is 1.62. The number of aryl methyl sites for hydroxylation is 1. The van der Waals surface area contributed by atoms with Gasteiger partial charge >= 0.3 is 0 Å². The summed E-state index contributed by atoms with van der Waals surface area (Å²) in [7, 11) is 0. The summed E-state index contributed by atoms with van der Waals surface area (Å²) in [5, 5.41) is 15.6. The molecule has 0 aliphatic carbocycles. The van der Waals surface area contributed by atoms with Crippen LogP contribution in [-0.2, 0) is 5.41 Å². The highest BCUT2D eigenvalue weighted by Crippen LogP contribution is 2.20. The van der Waals surface area contributed by atoms with Gasteiger partial charge in [-0.2, -0.15) is 15.3 Å². The molecule has 3 rings (SSSR count). The predicted molar refractivity (Wildman–Crippen MR) is 105 cm³/mol. The molecule has 7 heteroatoms. The van der Waals surface area contributed by atoms with Gasteiger partial charge in [0.1, 0.15) is 0 Å². The van der Waals surface area contributed by atoms with E-state index in [-0.39, 0.29) is 11.3 Å². The van der Waals surface area contributed by atoms with Gasteiger partial charge in [-0.05, 0) is 32.0 Å². The molecule has 0 spiro atoms. The molecular weight excluding hydrogens is 340 g/mol. The molecule has 1 amide bonds. The molecule has 27 heavy (non-hydrogen) atoms. The zero-order valence-corrected chi connectivity index (χ0v) is 16.2. The van der Waals surface area contributed by atoms with Crippen molar-refractivity contribution in [2.45, 2.75) is 40.0 Å². The number of carbonyl (C=O) groups is 1. The van der Waals surface area contributed by atoms with Gasteiger partial charge in [0.25, 0.3) is 5.91 Å². The van der Waals surface area contributed by atoms with E-state index in [1.165, 1.54) is 0 Å². The van der Waals surface area contributed by atoms with E-state index >= 15 is 0 Å². The maximum atomic E-state index is 12.2. The Labute approximate surface area is 158 Å². The zero-order chi connectivity index (χ0) is 19.6. The van der Waals surface area contributed by atoms with E-state index < -0.39 is 0 Å². The van der Waals surface area contributed by atoms with Crippen molar-refractivity contribution in [3.8, 4) is 5.69 Å². The van der Waals surface area contributed by atoms with Gasteiger partial charge in [0.15, 0.2) is 5.69 Å². The second kappa shape index (κ2) is 7.19. The number of benzene rings is 1. The van der Waals surface area contributed by atoms with Crippen LogP contribution in [0, 0.1) is 13.8 Å². The van der Waals surface area contributed by atoms with Crippen molar-refractivity contribution >= 4 is 12.1 Å². The minimum absolute atomic E-state index is 0.102. The lowest BCUT2D eigenvalue weighted by atomic mass is 9.92. The van der Waals surface area contributed by atoms with Gasteiger partial charge in [-0.15, -0.1) is 0 Å². The smallest absolute Gasteiger partial charge is 0.281 e. The van der Waals surface area contributed by atoms with E-state index in [0.717, 1.165) is 28.3 Å². The topological polar surface area (TPSA) is 88.0 Å². The molecule has 0 aliphatic rings. The SMILES string of the molecule is Cc1nn(-c2ccccc2)c(C)c1/C=N\NC(=O)c1cc(C(C)(C)C)[nH]n1. The summed E-state index contributed by atoms with van der Waals surface area (Å²) in [5.74, 6) is -0.358. The van der Waals surface area contributed by atoms with Crippen molar-refractivity contribution in [3.05, 3.63) is 64.7 Å². The number of aromatic nitrogens is 4. The number of para-hydroxylation sites is 1. The van der Waals surface area contributed by atoms with E-state index in [0.29, 0.717) is 5.69 Å². The second-order valence-corrected chi connectivity index (χ2v) is 7.45. The molecule has 3 aromatic rings. The Kier molecular flexibility index (Phi) is 4.94. The monoisotopic (exact) mass is 364 g/mol. The molecule has 0 atom stereocenters. The van der Waals surface area contributed by atoms with Crippen LogP contribution in [0.3, 0.4) is 0 Å². The highest BCUT2D eigenvalue weighted by Gasteiger charge is 2.19. The molecule has 0 saturated carbocycles. The predicted octanol–water partition coefficient (Wildman–Crippen LogP) is 3.27. The molecular formula is C20H24N6O. The fourth-order valence-corrected chi connectivity index (χ4v) is 2.70. The summed E-state index contributed by atoms with van der Waals surface area (Å²) >= 11 is 0. The Balaban J connectivity index is 1.74. The highest BCUT2D eigenvalue weighted by atomic mass is 16.2. The molecule has 2 heterocycles. The van der Waals surface area contributed by atoms with Crippen LogP contribution in [0.25, 0.3) is 5.69 Å². The number of hydrazone groups is 1. The Hall–Kier alpha value is -3.22. The summed E-state index contributed by atoms with van der Waals surface area (Å²) in [6.45, 7) is 10.0. The van der Waals surface area contributed by atoms with Gasteiger partial charge in [-0.25, -0.2) is 10.1 Å². The summed E-state index contributed by atoms with van der Waals surface area (Å²) in [6, 6.07) is 11.6. The molecule has 0 radical (unpaired) electrons. The standard InChI is InChI=1S/C20H24N6O/c1-13-16(14(2)26(25-13)15-9-7-6-8-10-15)12-21-24-19(27)17-11-18(23-22-17)20(3,4)5/h6-12H,1-5H3,(H,22,23)(H,24,27)/b21-12-. The first kappa shape index (κ1) is 18.6. The maximum absolute atomic E-state index is 12.2. The largest absolute Gasteiger partial charge is 0.291 e. The Morgan fingerprint density at radius 3 is 2.56 bits per heavy atom. The minimum atomic E-state index is -0.358. The molecule has 0 unspecified atom stereocenters. The molecule has 0 fully saturated rings. The number of aromatic amines is 1. The lowest BCUT2D eigenvalue weighted by Crippen LogP contribution is -2.18. The molecule has 140 valence electrons. The minimum Gasteiger partial charge on any atom is -0.281 e. The van der Waals surface area contributed by atoms with Crippen LogP contribution < -0.4 is 5.43 Å². The van der Waals surface area contributed by atoms with Gasteiger partial charge in [-0.1, -0.05) is 39.0 Å². The van der Waals surface area contributed by atoms with E-state index in [1.54, 1.807) is 12.3 Å². The molecule has 2 aromatic heterocycles. The number of amides is 1. The van der Waals surface area contributed by atoms with Crippen LogP contribution in [0.2, 0.25) is 0 Å². The first-order chi connectivity index (χ1) is 12.8. The van der Waals surface area contributed by atoms with Crippen molar-refractivity contribution in [2.24, 2.45) is 5.10 Å². The normalized spacial score (nSPS) is 11.9. The van der Waals surface area contributed by atoms with Crippen LogP contribution in [0.1, 0.15) is 53.9 Å². The number of nitrogens with one attached hydrogen (secondary N) is 2. The van der Waals surface area contributed by atoms with Crippen molar-refractivity contribution in [3.63, 3.8) is 0 Å². The average molecular weight is 364 g/mol. The van der Waals surface area contributed by atoms with Gasteiger partial charge in [0.05, 0.1) is 23.3 Å². The molecule has 1 aromatic carbocycles. The van der Waals surface area contributed by atoms with Crippen molar-refractivity contribution in [1.29, 1.82) is 0 Å². The van der Waals surface area contributed by atoms with Crippen LogP contribution in [-0.4, -0.2) is 32.1 Å². The van der Waals surface area contributed by atoms with Gasteiger partial charge in [0.2, 0.25) is 0 Å². The summed E-state index contributed by atoms with van der Waals surface area (Å²) < 4.78 is 1.86. The quantitative estimate of drug-likeness (QED) is 0.550. The lowest BCUT2D eigenvalue weighted by Gasteiger charge is -2.14. The molecule has 0 saturated heterocycles. The molecule has 0 aliphatic heterocycles. The van der Waals surface area contributed by atoms with E-state index in [1.807, 2.05) is 48.9 Å². The lowest BCUT2D eigenvalue weighted by molar-refractivity contribution is 0.0950. The Morgan fingerprint density at radius 2 is 1.93 bits per heavy atom. The van der Waals surface area contributed by atoms with Crippen molar-refractivity contribution in [2.75, 3.05) is 0 Å². The van der Waals surface area contributed by atoms with Crippen molar-refractivity contribution in [1.82, 2.24) is 25.4 Å². The van der Waals surface area contributed by atoms with Gasteiger partial charge in [0, 0.05) is 16.7 Å². The zero-order valence-electron chi connectivity index (χ0n) is 16.2. The third-order valence-electron chi connectivity index (χ3n) is 4.33. The summed E-state index contributed by atoms with van der Waals surface area (Å²) in [4.78, 5) is 12.2. The number of H-pyrrole nitrogens is 1. The third-order valence-corrected chi connectivity index (χ3v) is 4.33. The number of rotatable bonds is 4. The van der Waals surface area contributed by atoms with Gasteiger partial charge in [-0.3, -0.25) is 9.89 Å². The Bertz CT molecular complexity index is 976. The fourth-order valence-electron chi connectivity index (χ4n) is 2.70. The van der Waals surface area contributed by atoms with E-state index in [4.69, 9.17) is 0 Å². The van der Waals surface area contributed by atoms with E-state index in [2.05, 4.69) is 46.6 Å². The second-order valence-electron chi connectivity index (χ2n) is 7.45. The average Bonchev–Trinajstić information content (AvgIpc) is 3.23. The molecule has 7 nitrogen and oxygen atoms in total. The van der Waals surface area contributed by atoms with Crippen LogP contribution in [0.5, 0.6) is 0 Å². The Morgan fingerprint density at radius 1 is 1.22 bits per heavy atom. The van der Waals surface area contributed by atoms with Crippen molar-refractivity contribution < 1.29 is 4.79 Å². The fraction of sp³-hybridized carbons (Fsp3) is 0.300. The summed E-state index contributed by atoms with van der Waals surface area (Å²) in [5.41, 5.74) is 7.27. The molecule has 0 bridgehead atoms. The van der Waals surface area contributed by atoms with Gasteiger partial charge < -0.3 is 0 Å². The molecule has 2 N–H and O–H groups in total. The highest BCUT2D eigenvalue weighted by molar-refractivity contribution is 5.93. The van der Waals surface area contributed by atoms with Crippen LogP contribution in [0.4, 0.5) is 0 Å². The number of nitrogens with zero attached hydrogens (tertiary/aromatic N) is 4. The van der Waals surface area contributed by atoms with E-state index in [9.17, 15) is 4.79 Å². The number of carbonyl (C=O) groups excluding carboxylic acids is 1. The van der Waals surface area contributed by atoms with Crippen LogP contribution in [0.15, 0.2) is 41.5 Å². The first-order valence-electron chi connectivity index (χ1n) is 8.78. The first-order valence-corrected chi connectivity index (χ1v) is 8.78. The maximum Gasteiger partial charge on any atom is 0.291 e. The number of hydrogen-bond acceptors (Lipinski definition) is 4. The number of hydrogen-bond donors (Lipinski definition) is 2.